The minimum Gasteiger partial charge on any atom is -0.295 e. The minimum absolute atomic E-state index is 0.348. The lowest BCUT2D eigenvalue weighted by molar-refractivity contribution is 0.961. The van der Waals surface area contributed by atoms with Gasteiger partial charge in [-0.25, -0.2) is 4.98 Å². The summed E-state index contributed by atoms with van der Waals surface area (Å²) in [5, 5.41) is 12.6. The van der Waals surface area contributed by atoms with Gasteiger partial charge in [-0.1, -0.05) is 23.7 Å². The molecule has 102 valence electrons. The summed E-state index contributed by atoms with van der Waals surface area (Å²) in [7, 11) is 0. The number of nitrogens with zero attached hydrogens (tertiary/aromatic N) is 3. The first-order valence-electron chi connectivity index (χ1n) is 6.25. The Kier molecular flexibility index (Phi) is 5.28. The summed E-state index contributed by atoms with van der Waals surface area (Å²) in [4.78, 5) is 8.65. The number of nitriles is 1. The molecule has 0 bridgehead atoms. The summed E-state index contributed by atoms with van der Waals surface area (Å²) in [6.45, 7) is 2.58. The molecule has 1 atom stereocenters. The lowest BCUT2D eigenvalue weighted by Crippen LogP contribution is -1.98. The third-order valence-corrected chi connectivity index (χ3v) is 4.04. The van der Waals surface area contributed by atoms with Crippen LogP contribution in [0, 0.1) is 18.3 Å². The summed E-state index contributed by atoms with van der Waals surface area (Å²) in [6, 6.07) is 9.94. The van der Waals surface area contributed by atoms with Crippen molar-refractivity contribution in [1.82, 2.24) is 4.98 Å². The molecule has 1 aromatic heterocycles. The average Bonchev–Trinajstić information content (AvgIpc) is 2.87. The summed E-state index contributed by atoms with van der Waals surface area (Å²) >= 11 is 7.33. The maximum absolute atomic E-state index is 9.15. The molecule has 2 aromatic rings. The highest BCUT2D eigenvalue weighted by Crippen LogP contribution is 2.18. The van der Waals surface area contributed by atoms with Crippen molar-refractivity contribution in [2.75, 3.05) is 6.54 Å². The van der Waals surface area contributed by atoms with Crippen LogP contribution in [-0.2, 0) is 6.42 Å². The van der Waals surface area contributed by atoms with Gasteiger partial charge in [0.25, 0.3) is 0 Å². The molecule has 0 saturated carbocycles. The topological polar surface area (TPSA) is 49.0 Å². The van der Waals surface area contributed by atoms with E-state index < -0.39 is 0 Å². The van der Waals surface area contributed by atoms with Crippen LogP contribution in [0.4, 0.5) is 0 Å². The highest BCUT2D eigenvalue weighted by Gasteiger charge is 2.11. The van der Waals surface area contributed by atoms with Gasteiger partial charge in [0.05, 0.1) is 6.07 Å². The molecule has 0 aliphatic heterocycles. The maximum atomic E-state index is 9.15. The van der Waals surface area contributed by atoms with Crippen LogP contribution >= 0.6 is 22.9 Å². The molecule has 2 rings (SSSR count). The molecule has 0 fully saturated rings. The Morgan fingerprint density at radius 3 is 2.80 bits per heavy atom. The fraction of sp³-hybridized carbons (Fsp3) is 0.267. The molecule has 0 spiro atoms. The van der Waals surface area contributed by atoms with E-state index in [1.54, 1.807) is 6.21 Å². The summed E-state index contributed by atoms with van der Waals surface area (Å²) in [6.07, 6.45) is 2.52. The standard InChI is InChI=1S/C15H14ClN3S/c1-11-10-20-15(19-11)13(8-17)9-18-7-6-12-2-4-14(16)5-3-12/h2-5,9-10,13H,6-7H2,1H3/t13-/m1/s1. The van der Waals surface area contributed by atoms with E-state index in [2.05, 4.69) is 16.0 Å². The van der Waals surface area contributed by atoms with Crippen LogP contribution in [0.1, 0.15) is 22.2 Å². The predicted octanol–water partition coefficient (Wildman–Crippen LogP) is 4.03. The van der Waals surface area contributed by atoms with E-state index in [9.17, 15) is 0 Å². The van der Waals surface area contributed by atoms with Gasteiger partial charge in [-0.2, -0.15) is 5.26 Å². The molecule has 3 nitrogen and oxygen atoms in total. The number of rotatable bonds is 5. The predicted molar refractivity (Wildman–Crippen MR) is 83.7 cm³/mol. The molecule has 0 aliphatic rings. The van der Waals surface area contributed by atoms with E-state index in [0.717, 1.165) is 22.1 Å². The van der Waals surface area contributed by atoms with Gasteiger partial charge in [0.15, 0.2) is 0 Å². The third-order valence-electron chi connectivity index (χ3n) is 2.74. The zero-order valence-corrected chi connectivity index (χ0v) is 12.7. The van der Waals surface area contributed by atoms with E-state index in [4.69, 9.17) is 16.9 Å². The molecule has 0 radical (unpaired) electrons. The van der Waals surface area contributed by atoms with Crippen LogP contribution < -0.4 is 0 Å². The zero-order chi connectivity index (χ0) is 14.4. The minimum atomic E-state index is -0.348. The molecule has 0 N–H and O–H groups in total. The number of benzene rings is 1. The van der Waals surface area contributed by atoms with Gasteiger partial charge in [0.1, 0.15) is 10.9 Å². The van der Waals surface area contributed by atoms with Gasteiger partial charge in [0.2, 0.25) is 0 Å². The van der Waals surface area contributed by atoms with Crippen LogP contribution in [-0.4, -0.2) is 17.7 Å². The highest BCUT2D eigenvalue weighted by atomic mass is 35.5. The fourth-order valence-corrected chi connectivity index (χ4v) is 2.62. The van der Waals surface area contributed by atoms with E-state index >= 15 is 0 Å². The number of hydrogen-bond donors (Lipinski definition) is 0. The van der Waals surface area contributed by atoms with Crippen LogP contribution in [0.2, 0.25) is 5.02 Å². The Bertz CT molecular complexity index is 625. The normalized spacial score (nSPS) is 12.4. The molecular weight excluding hydrogens is 290 g/mol. The van der Waals surface area contributed by atoms with Gasteiger partial charge >= 0.3 is 0 Å². The molecule has 1 heterocycles. The molecule has 0 saturated heterocycles. The highest BCUT2D eigenvalue weighted by molar-refractivity contribution is 7.09. The van der Waals surface area contributed by atoms with E-state index in [1.165, 1.54) is 16.9 Å². The van der Waals surface area contributed by atoms with Crippen molar-refractivity contribution in [3.05, 3.63) is 50.9 Å². The van der Waals surface area contributed by atoms with Crippen molar-refractivity contribution < 1.29 is 0 Å². The maximum Gasteiger partial charge on any atom is 0.133 e. The molecular formula is C15H14ClN3S. The van der Waals surface area contributed by atoms with E-state index in [1.807, 2.05) is 36.6 Å². The Labute approximate surface area is 127 Å². The third kappa shape index (κ3) is 4.16. The Morgan fingerprint density at radius 2 is 2.20 bits per heavy atom. The molecule has 0 unspecified atom stereocenters. The molecule has 5 heteroatoms. The second-order valence-electron chi connectivity index (χ2n) is 4.37. The van der Waals surface area contributed by atoms with Gasteiger partial charge in [-0.05, 0) is 31.0 Å². The summed E-state index contributed by atoms with van der Waals surface area (Å²) < 4.78 is 0. The van der Waals surface area contributed by atoms with Crippen molar-refractivity contribution in [1.29, 1.82) is 5.26 Å². The van der Waals surface area contributed by atoms with Crippen LogP contribution in [0.15, 0.2) is 34.6 Å². The first kappa shape index (κ1) is 14.7. The van der Waals surface area contributed by atoms with Gasteiger partial charge in [-0.15, -0.1) is 11.3 Å². The van der Waals surface area contributed by atoms with Crippen LogP contribution in [0.3, 0.4) is 0 Å². The van der Waals surface area contributed by atoms with Crippen LogP contribution in [0.25, 0.3) is 0 Å². The van der Waals surface area contributed by atoms with E-state index in [-0.39, 0.29) is 5.92 Å². The number of halogens is 1. The number of aryl methyl sites for hydroxylation is 1. The summed E-state index contributed by atoms with van der Waals surface area (Å²) in [5.41, 5.74) is 2.13. The summed E-state index contributed by atoms with van der Waals surface area (Å²) in [5.74, 6) is -0.348. The first-order valence-corrected chi connectivity index (χ1v) is 7.51. The monoisotopic (exact) mass is 303 g/mol. The Hall–Kier alpha value is -1.70. The van der Waals surface area contributed by atoms with Crippen molar-refractivity contribution >= 4 is 29.2 Å². The SMILES string of the molecule is Cc1csc([C@H](C#N)C=NCCc2ccc(Cl)cc2)n1. The van der Waals surface area contributed by atoms with Crippen LogP contribution in [0.5, 0.6) is 0 Å². The number of thiazole rings is 1. The molecule has 0 aliphatic carbocycles. The van der Waals surface area contributed by atoms with Gasteiger partial charge in [0, 0.05) is 28.9 Å². The Morgan fingerprint density at radius 1 is 1.45 bits per heavy atom. The molecule has 20 heavy (non-hydrogen) atoms. The molecule has 1 aromatic carbocycles. The zero-order valence-electron chi connectivity index (χ0n) is 11.1. The number of aromatic nitrogens is 1. The smallest absolute Gasteiger partial charge is 0.133 e. The second kappa shape index (κ2) is 7.18. The second-order valence-corrected chi connectivity index (χ2v) is 5.69. The lowest BCUT2D eigenvalue weighted by atomic mass is 10.1. The fourth-order valence-electron chi connectivity index (χ4n) is 1.69. The van der Waals surface area contributed by atoms with Crippen molar-refractivity contribution in [2.45, 2.75) is 19.3 Å². The van der Waals surface area contributed by atoms with Gasteiger partial charge < -0.3 is 0 Å². The Balaban J connectivity index is 1.89. The number of hydrogen-bond acceptors (Lipinski definition) is 4. The van der Waals surface area contributed by atoms with E-state index in [0.29, 0.717) is 6.54 Å². The van der Waals surface area contributed by atoms with Crippen molar-refractivity contribution in [2.24, 2.45) is 4.99 Å². The first-order chi connectivity index (χ1) is 9.69. The quantitative estimate of drug-likeness (QED) is 0.783. The van der Waals surface area contributed by atoms with Crippen molar-refractivity contribution in [3.8, 4) is 6.07 Å². The average molecular weight is 304 g/mol. The lowest BCUT2D eigenvalue weighted by Gasteiger charge is -2.00. The molecule has 0 amide bonds. The number of aliphatic imine (C=N–C) groups is 1. The van der Waals surface area contributed by atoms with Gasteiger partial charge in [-0.3, -0.25) is 4.99 Å². The largest absolute Gasteiger partial charge is 0.295 e. The van der Waals surface area contributed by atoms with Crippen molar-refractivity contribution in [3.63, 3.8) is 0 Å².